The molecule has 0 saturated carbocycles. The molecule has 3 nitrogen and oxygen atoms in total. The molecule has 1 aromatic rings. The lowest BCUT2D eigenvalue weighted by Gasteiger charge is -2.07. The second kappa shape index (κ2) is 7.12. The van der Waals surface area contributed by atoms with Crippen LogP contribution in [0, 0.1) is 0 Å². The van der Waals surface area contributed by atoms with E-state index >= 15 is 0 Å². The van der Waals surface area contributed by atoms with Crippen LogP contribution in [0.2, 0.25) is 0 Å². The zero-order valence-electron chi connectivity index (χ0n) is 10.0. The molecular formula is C13H22N2O. The number of hydrogen-bond donors (Lipinski definition) is 2. The van der Waals surface area contributed by atoms with Crippen LogP contribution >= 0.6 is 0 Å². The Hall–Kier alpha value is -1.22. The summed E-state index contributed by atoms with van der Waals surface area (Å²) in [6, 6.07) is 5.70. The van der Waals surface area contributed by atoms with Crippen LogP contribution in [-0.2, 0) is 11.2 Å². The summed E-state index contributed by atoms with van der Waals surface area (Å²) in [6.07, 6.45) is 4.30. The number of aryl methyl sites for hydroxylation is 1. The number of hydrogen-bond acceptors (Lipinski definition) is 3. The van der Waals surface area contributed by atoms with Crippen molar-refractivity contribution in [1.29, 1.82) is 0 Å². The fraction of sp³-hybridized carbons (Fsp3) is 0.538. The number of benzene rings is 1. The molecule has 4 N–H and O–H groups in total. The molecule has 0 saturated heterocycles. The Kier molecular flexibility index (Phi) is 5.72. The highest BCUT2D eigenvalue weighted by Gasteiger charge is 1.99. The minimum Gasteiger partial charge on any atom is -0.399 e. The Bertz CT molecular complexity index is 313. The van der Waals surface area contributed by atoms with Gasteiger partial charge in [0, 0.05) is 24.6 Å². The van der Waals surface area contributed by atoms with Crippen molar-refractivity contribution in [2.24, 2.45) is 0 Å². The topological polar surface area (TPSA) is 61.3 Å². The molecule has 0 spiro atoms. The Morgan fingerprint density at radius 1 is 1.12 bits per heavy atom. The van der Waals surface area contributed by atoms with E-state index in [1.165, 1.54) is 6.42 Å². The second-order valence-electron chi connectivity index (χ2n) is 4.03. The lowest BCUT2D eigenvalue weighted by Crippen LogP contribution is -2.01. The van der Waals surface area contributed by atoms with Crippen molar-refractivity contribution in [2.75, 3.05) is 24.7 Å². The molecule has 0 fully saturated rings. The van der Waals surface area contributed by atoms with Crippen molar-refractivity contribution in [3.8, 4) is 0 Å². The molecule has 1 aromatic carbocycles. The Morgan fingerprint density at radius 2 is 1.88 bits per heavy atom. The fourth-order valence-corrected chi connectivity index (χ4v) is 1.55. The average molecular weight is 222 g/mol. The van der Waals surface area contributed by atoms with Crippen LogP contribution in [0.15, 0.2) is 18.2 Å². The summed E-state index contributed by atoms with van der Waals surface area (Å²) in [6.45, 7) is 3.84. The number of nitrogens with two attached hydrogens (primary N) is 2. The van der Waals surface area contributed by atoms with Gasteiger partial charge in [0.05, 0.1) is 0 Å². The van der Waals surface area contributed by atoms with E-state index in [0.29, 0.717) is 0 Å². The van der Waals surface area contributed by atoms with Crippen LogP contribution < -0.4 is 11.5 Å². The van der Waals surface area contributed by atoms with Gasteiger partial charge in [0.1, 0.15) is 0 Å². The first-order valence-corrected chi connectivity index (χ1v) is 5.95. The van der Waals surface area contributed by atoms with Gasteiger partial charge in [-0.25, -0.2) is 0 Å². The normalized spacial score (nSPS) is 10.6. The molecule has 0 aromatic heterocycles. The molecule has 0 aliphatic carbocycles. The zero-order valence-corrected chi connectivity index (χ0v) is 10.0. The molecular weight excluding hydrogens is 200 g/mol. The summed E-state index contributed by atoms with van der Waals surface area (Å²) in [5.41, 5.74) is 14.2. The van der Waals surface area contributed by atoms with Gasteiger partial charge in [-0.3, -0.25) is 0 Å². The highest BCUT2D eigenvalue weighted by molar-refractivity contribution is 5.56. The number of anilines is 2. The van der Waals surface area contributed by atoms with Crippen LogP contribution in [0.1, 0.15) is 31.7 Å². The van der Waals surface area contributed by atoms with Gasteiger partial charge in [-0.05, 0) is 37.0 Å². The Balaban J connectivity index is 2.21. The van der Waals surface area contributed by atoms with Crippen LogP contribution in [0.3, 0.4) is 0 Å². The number of unbranched alkanes of at least 4 members (excludes halogenated alkanes) is 1. The molecule has 0 amide bonds. The molecule has 3 heteroatoms. The Morgan fingerprint density at radius 3 is 2.56 bits per heavy atom. The monoisotopic (exact) mass is 222 g/mol. The summed E-state index contributed by atoms with van der Waals surface area (Å²) in [5, 5.41) is 0. The SMILES string of the molecule is CCCCOCCCc1ccc(N)cc1N. The van der Waals surface area contributed by atoms with Crippen molar-refractivity contribution in [3.63, 3.8) is 0 Å². The maximum absolute atomic E-state index is 5.86. The first kappa shape index (κ1) is 12.8. The van der Waals surface area contributed by atoms with Gasteiger partial charge in [0.15, 0.2) is 0 Å². The van der Waals surface area contributed by atoms with Crippen molar-refractivity contribution < 1.29 is 4.74 Å². The summed E-state index contributed by atoms with van der Waals surface area (Å²) < 4.78 is 5.49. The third-order valence-electron chi connectivity index (χ3n) is 2.55. The minimum atomic E-state index is 0.723. The summed E-state index contributed by atoms with van der Waals surface area (Å²) in [5.74, 6) is 0. The standard InChI is InChI=1S/C13H22N2O/c1-2-3-8-16-9-4-5-11-6-7-12(14)10-13(11)15/h6-7,10H,2-5,8-9,14-15H2,1H3. The zero-order chi connectivity index (χ0) is 11.8. The van der Waals surface area contributed by atoms with Gasteiger partial charge in [-0.2, -0.15) is 0 Å². The van der Waals surface area contributed by atoms with E-state index < -0.39 is 0 Å². The van der Waals surface area contributed by atoms with E-state index in [1.54, 1.807) is 0 Å². The molecule has 0 unspecified atom stereocenters. The second-order valence-corrected chi connectivity index (χ2v) is 4.03. The molecule has 0 heterocycles. The van der Waals surface area contributed by atoms with Crippen molar-refractivity contribution in [1.82, 2.24) is 0 Å². The molecule has 0 atom stereocenters. The van der Waals surface area contributed by atoms with Gasteiger partial charge in [-0.1, -0.05) is 19.4 Å². The van der Waals surface area contributed by atoms with E-state index in [1.807, 2.05) is 18.2 Å². The lowest BCUT2D eigenvalue weighted by molar-refractivity contribution is 0.129. The molecule has 16 heavy (non-hydrogen) atoms. The van der Waals surface area contributed by atoms with Gasteiger partial charge in [0.2, 0.25) is 0 Å². The molecule has 0 bridgehead atoms. The van der Waals surface area contributed by atoms with Crippen molar-refractivity contribution in [2.45, 2.75) is 32.6 Å². The smallest absolute Gasteiger partial charge is 0.0469 e. The number of nitrogen functional groups attached to an aromatic ring is 2. The van der Waals surface area contributed by atoms with Crippen LogP contribution in [0.4, 0.5) is 11.4 Å². The fourth-order valence-electron chi connectivity index (χ4n) is 1.55. The molecule has 1 rings (SSSR count). The predicted octanol–water partition coefficient (Wildman–Crippen LogP) is 2.60. The van der Waals surface area contributed by atoms with E-state index in [0.717, 1.165) is 49.4 Å². The van der Waals surface area contributed by atoms with Crippen molar-refractivity contribution >= 4 is 11.4 Å². The molecule has 0 aliphatic heterocycles. The molecule has 90 valence electrons. The first-order chi connectivity index (χ1) is 7.74. The van der Waals surface area contributed by atoms with Gasteiger partial charge < -0.3 is 16.2 Å². The van der Waals surface area contributed by atoms with Crippen LogP contribution in [0.25, 0.3) is 0 Å². The highest BCUT2D eigenvalue weighted by atomic mass is 16.5. The molecule has 0 radical (unpaired) electrons. The van der Waals surface area contributed by atoms with Crippen molar-refractivity contribution in [3.05, 3.63) is 23.8 Å². The largest absolute Gasteiger partial charge is 0.399 e. The third-order valence-corrected chi connectivity index (χ3v) is 2.55. The number of rotatable bonds is 7. The predicted molar refractivity (Wildman–Crippen MR) is 69.3 cm³/mol. The van der Waals surface area contributed by atoms with Gasteiger partial charge in [-0.15, -0.1) is 0 Å². The summed E-state index contributed by atoms with van der Waals surface area (Å²) >= 11 is 0. The third kappa shape index (κ3) is 4.53. The van der Waals surface area contributed by atoms with Crippen LogP contribution in [0.5, 0.6) is 0 Å². The Labute approximate surface area is 97.8 Å². The van der Waals surface area contributed by atoms with E-state index in [9.17, 15) is 0 Å². The maximum atomic E-state index is 5.86. The van der Waals surface area contributed by atoms with E-state index in [4.69, 9.17) is 16.2 Å². The minimum absolute atomic E-state index is 0.723. The quantitative estimate of drug-likeness (QED) is 0.550. The first-order valence-electron chi connectivity index (χ1n) is 5.95. The van der Waals surface area contributed by atoms with Gasteiger partial charge in [0.25, 0.3) is 0 Å². The van der Waals surface area contributed by atoms with E-state index in [2.05, 4.69) is 6.92 Å². The van der Waals surface area contributed by atoms with E-state index in [-0.39, 0.29) is 0 Å². The number of ether oxygens (including phenoxy) is 1. The maximum Gasteiger partial charge on any atom is 0.0469 e. The molecule has 0 aliphatic rings. The highest BCUT2D eigenvalue weighted by Crippen LogP contribution is 2.17. The van der Waals surface area contributed by atoms with Gasteiger partial charge >= 0.3 is 0 Å². The lowest BCUT2D eigenvalue weighted by atomic mass is 10.1. The summed E-state index contributed by atoms with van der Waals surface area (Å²) in [7, 11) is 0. The van der Waals surface area contributed by atoms with Crippen LogP contribution in [-0.4, -0.2) is 13.2 Å². The average Bonchev–Trinajstić information content (AvgIpc) is 2.26. The summed E-state index contributed by atoms with van der Waals surface area (Å²) in [4.78, 5) is 0.